The van der Waals surface area contributed by atoms with Crippen LogP contribution in [0, 0.1) is 10.6 Å². The van der Waals surface area contributed by atoms with Gasteiger partial charge in [0.15, 0.2) is 4.77 Å². The second-order valence-corrected chi connectivity index (χ2v) is 4.08. The van der Waals surface area contributed by atoms with Gasteiger partial charge in [0.25, 0.3) is 0 Å². The fourth-order valence-corrected chi connectivity index (χ4v) is 1.70. The predicted octanol–water partition coefficient (Wildman–Crippen LogP) is 3.75. The molecule has 0 fully saturated rings. The number of aromatic nitrogens is 2. The molecule has 0 spiro atoms. The SMILES string of the molecule is Fc1cc(C(F)(F)F)ccc1Cn1cc[nH]c1=S. The molecule has 1 heterocycles. The van der Waals surface area contributed by atoms with E-state index in [9.17, 15) is 17.6 Å². The highest BCUT2D eigenvalue weighted by molar-refractivity contribution is 7.71. The third kappa shape index (κ3) is 2.61. The lowest BCUT2D eigenvalue weighted by molar-refractivity contribution is -0.137. The molecule has 0 radical (unpaired) electrons. The van der Waals surface area contributed by atoms with Crippen molar-refractivity contribution in [1.82, 2.24) is 9.55 Å². The van der Waals surface area contributed by atoms with E-state index in [1.807, 2.05) is 0 Å². The summed E-state index contributed by atoms with van der Waals surface area (Å²) in [5.41, 5.74) is -0.847. The number of benzene rings is 1. The molecule has 0 saturated heterocycles. The minimum atomic E-state index is -4.54. The molecule has 0 saturated carbocycles. The number of rotatable bonds is 2. The van der Waals surface area contributed by atoms with Gasteiger partial charge < -0.3 is 9.55 Å². The topological polar surface area (TPSA) is 20.7 Å². The normalized spacial score (nSPS) is 11.8. The van der Waals surface area contributed by atoms with Crippen molar-refractivity contribution >= 4 is 12.2 Å². The average molecular weight is 276 g/mol. The van der Waals surface area contributed by atoms with Gasteiger partial charge >= 0.3 is 6.18 Å². The molecule has 2 nitrogen and oxygen atoms in total. The van der Waals surface area contributed by atoms with Gasteiger partial charge in [0.05, 0.1) is 12.1 Å². The van der Waals surface area contributed by atoms with E-state index < -0.39 is 17.6 Å². The van der Waals surface area contributed by atoms with Crippen LogP contribution in [0.2, 0.25) is 0 Å². The van der Waals surface area contributed by atoms with E-state index in [-0.39, 0.29) is 12.1 Å². The molecule has 96 valence electrons. The van der Waals surface area contributed by atoms with Gasteiger partial charge in [-0.3, -0.25) is 0 Å². The van der Waals surface area contributed by atoms with Gasteiger partial charge in [-0.2, -0.15) is 13.2 Å². The first kappa shape index (κ1) is 12.8. The molecule has 0 atom stereocenters. The van der Waals surface area contributed by atoms with Crippen molar-refractivity contribution in [2.24, 2.45) is 0 Å². The summed E-state index contributed by atoms with van der Waals surface area (Å²) < 4.78 is 52.5. The molecule has 2 aromatic rings. The lowest BCUT2D eigenvalue weighted by Crippen LogP contribution is -2.07. The van der Waals surface area contributed by atoms with Gasteiger partial charge in [0.2, 0.25) is 0 Å². The van der Waals surface area contributed by atoms with Crippen LogP contribution < -0.4 is 0 Å². The van der Waals surface area contributed by atoms with Crippen molar-refractivity contribution in [2.45, 2.75) is 12.7 Å². The number of hydrogen-bond donors (Lipinski definition) is 1. The van der Waals surface area contributed by atoms with Gasteiger partial charge in [-0.05, 0) is 24.4 Å². The van der Waals surface area contributed by atoms with Crippen molar-refractivity contribution in [3.05, 3.63) is 52.3 Å². The first-order chi connectivity index (χ1) is 8.38. The Bertz CT molecular complexity index is 612. The molecule has 0 amide bonds. The minimum absolute atomic E-state index is 0.0896. The molecule has 2 rings (SSSR count). The standard InChI is InChI=1S/C11H8F4N2S/c12-9-5-8(11(13,14)15)2-1-7(9)6-17-4-3-16-10(17)18/h1-5H,6H2,(H,16,18). The highest BCUT2D eigenvalue weighted by Crippen LogP contribution is 2.30. The number of imidazole rings is 1. The number of aromatic amines is 1. The molecule has 0 aliphatic carbocycles. The molecular weight excluding hydrogens is 268 g/mol. The lowest BCUT2D eigenvalue weighted by atomic mass is 10.1. The van der Waals surface area contributed by atoms with E-state index in [1.54, 1.807) is 12.4 Å². The Morgan fingerprint density at radius 2 is 2.00 bits per heavy atom. The van der Waals surface area contributed by atoms with Crippen molar-refractivity contribution in [3.8, 4) is 0 Å². The summed E-state index contributed by atoms with van der Waals surface area (Å²) in [5, 5.41) is 0. The van der Waals surface area contributed by atoms with Crippen LogP contribution in [0.25, 0.3) is 0 Å². The average Bonchev–Trinajstić information content (AvgIpc) is 2.66. The summed E-state index contributed by atoms with van der Waals surface area (Å²) in [5.74, 6) is -0.895. The number of hydrogen-bond acceptors (Lipinski definition) is 1. The maximum absolute atomic E-state index is 13.5. The quantitative estimate of drug-likeness (QED) is 0.654. The van der Waals surface area contributed by atoms with Gasteiger partial charge in [-0.15, -0.1) is 0 Å². The number of H-pyrrole nitrogens is 1. The van der Waals surface area contributed by atoms with E-state index in [4.69, 9.17) is 12.2 Å². The largest absolute Gasteiger partial charge is 0.416 e. The zero-order valence-electron chi connectivity index (χ0n) is 8.96. The van der Waals surface area contributed by atoms with Gasteiger partial charge in [0.1, 0.15) is 5.82 Å². The van der Waals surface area contributed by atoms with E-state index in [0.717, 1.165) is 12.1 Å². The summed E-state index contributed by atoms with van der Waals surface area (Å²) in [6.07, 6.45) is -1.37. The Morgan fingerprint density at radius 1 is 1.28 bits per heavy atom. The number of nitrogens with zero attached hydrogens (tertiary/aromatic N) is 1. The fourth-order valence-electron chi connectivity index (χ4n) is 1.51. The number of halogens is 4. The molecule has 1 aromatic heterocycles. The summed E-state index contributed by atoms with van der Waals surface area (Å²) in [6.45, 7) is 0.0896. The van der Waals surface area contributed by atoms with Crippen LogP contribution in [0.15, 0.2) is 30.6 Å². The zero-order valence-corrected chi connectivity index (χ0v) is 9.78. The first-order valence-electron chi connectivity index (χ1n) is 4.97. The van der Waals surface area contributed by atoms with E-state index in [0.29, 0.717) is 10.8 Å². The van der Waals surface area contributed by atoms with E-state index >= 15 is 0 Å². The lowest BCUT2D eigenvalue weighted by Gasteiger charge is -2.09. The van der Waals surface area contributed by atoms with Crippen LogP contribution in [0.5, 0.6) is 0 Å². The van der Waals surface area contributed by atoms with E-state index in [1.165, 1.54) is 4.57 Å². The maximum Gasteiger partial charge on any atom is 0.416 e. The second-order valence-electron chi connectivity index (χ2n) is 3.70. The van der Waals surface area contributed by atoms with Gasteiger partial charge in [0, 0.05) is 18.0 Å². The van der Waals surface area contributed by atoms with E-state index in [2.05, 4.69) is 4.98 Å². The maximum atomic E-state index is 13.5. The second kappa shape index (κ2) is 4.56. The van der Waals surface area contributed by atoms with Crippen LogP contribution in [-0.2, 0) is 12.7 Å². The first-order valence-corrected chi connectivity index (χ1v) is 5.38. The summed E-state index contributed by atoms with van der Waals surface area (Å²) in [6, 6.07) is 2.47. The molecule has 1 aromatic carbocycles. The molecule has 0 bridgehead atoms. The molecule has 0 unspecified atom stereocenters. The van der Waals surface area contributed by atoms with Crippen molar-refractivity contribution in [3.63, 3.8) is 0 Å². The summed E-state index contributed by atoms with van der Waals surface area (Å²) >= 11 is 4.92. The Morgan fingerprint density at radius 3 is 2.50 bits per heavy atom. The number of nitrogens with one attached hydrogen (secondary N) is 1. The third-order valence-electron chi connectivity index (χ3n) is 2.44. The van der Waals surface area contributed by atoms with Crippen molar-refractivity contribution in [2.75, 3.05) is 0 Å². The van der Waals surface area contributed by atoms with Crippen LogP contribution in [0.4, 0.5) is 17.6 Å². The van der Waals surface area contributed by atoms with Crippen LogP contribution in [-0.4, -0.2) is 9.55 Å². The van der Waals surface area contributed by atoms with Crippen molar-refractivity contribution < 1.29 is 17.6 Å². The highest BCUT2D eigenvalue weighted by atomic mass is 32.1. The Hall–Kier alpha value is -1.63. The van der Waals surface area contributed by atoms with Crippen molar-refractivity contribution in [1.29, 1.82) is 0 Å². The Balaban J connectivity index is 2.31. The van der Waals surface area contributed by atoms with Crippen LogP contribution in [0.1, 0.15) is 11.1 Å². The monoisotopic (exact) mass is 276 g/mol. The third-order valence-corrected chi connectivity index (χ3v) is 2.80. The molecule has 0 aliphatic rings. The Labute approximate surface area is 105 Å². The van der Waals surface area contributed by atoms with Crippen LogP contribution in [0.3, 0.4) is 0 Å². The van der Waals surface area contributed by atoms with Crippen LogP contribution >= 0.6 is 12.2 Å². The van der Waals surface area contributed by atoms with Gasteiger partial charge in [-0.25, -0.2) is 4.39 Å². The summed E-state index contributed by atoms with van der Waals surface area (Å²) in [4.78, 5) is 2.72. The smallest absolute Gasteiger partial charge is 0.337 e. The fraction of sp³-hybridized carbons (Fsp3) is 0.182. The minimum Gasteiger partial charge on any atom is -0.337 e. The predicted molar refractivity (Wildman–Crippen MR) is 60.1 cm³/mol. The molecule has 0 aliphatic heterocycles. The molecule has 7 heteroatoms. The Kier molecular flexibility index (Phi) is 3.25. The van der Waals surface area contributed by atoms with Gasteiger partial charge in [-0.1, -0.05) is 6.07 Å². The summed E-state index contributed by atoms with van der Waals surface area (Å²) in [7, 11) is 0. The molecule has 18 heavy (non-hydrogen) atoms. The zero-order chi connectivity index (χ0) is 13.3. The highest BCUT2D eigenvalue weighted by Gasteiger charge is 2.31. The molecule has 1 N–H and O–H groups in total. The number of alkyl halides is 3. The molecular formula is C11H8F4N2S.